The first-order valence-corrected chi connectivity index (χ1v) is 17.8. The molecule has 0 atom stereocenters. The first-order chi connectivity index (χ1) is 25.3. The van der Waals surface area contributed by atoms with Crippen LogP contribution in [0, 0.1) is 0 Å². The van der Waals surface area contributed by atoms with Crippen LogP contribution in [0.3, 0.4) is 0 Å². The quantitative estimate of drug-likeness (QED) is 0.185. The molecular formula is C50H32O. The van der Waals surface area contributed by atoms with Crippen molar-refractivity contribution in [1.29, 1.82) is 0 Å². The summed E-state index contributed by atoms with van der Waals surface area (Å²) in [5.74, 6) is 1.77. The first kappa shape index (κ1) is 28.4. The van der Waals surface area contributed by atoms with E-state index in [1.54, 1.807) is 0 Å². The Hall–Kier alpha value is -6.44. The highest BCUT2D eigenvalue weighted by atomic mass is 16.5. The highest BCUT2D eigenvalue weighted by molar-refractivity contribution is 5.96. The van der Waals surface area contributed by atoms with Crippen molar-refractivity contribution in [1.82, 2.24) is 0 Å². The van der Waals surface area contributed by atoms with E-state index in [-0.39, 0.29) is 5.41 Å². The van der Waals surface area contributed by atoms with Crippen molar-refractivity contribution >= 4 is 0 Å². The molecule has 11 rings (SSSR count). The van der Waals surface area contributed by atoms with Crippen LogP contribution in [0.5, 0.6) is 11.5 Å². The van der Waals surface area contributed by atoms with Gasteiger partial charge in [0.2, 0.25) is 0 Å². The van der Waals surface area contributed by atoms with Gasteiger partial charge in [0.1, 0.15) is 11.5 Å². The molecule has 0 aromatic heterocycles. The molecule has 0 radical (unpaired) electrons. The second-order valence-electron chi connectivity index (χ2n) is 13.9. The Morgan fingerprint density at radius 2 is 0.706 bits per heavy atom. The van der Waals surface area contributed by atoms with Crippen molar-refractivity contribution in [3.8, 4) is 44.9 Å². The van der Waals surface area contributed by atoms with E-state index in [0.717, 1.165) is 22.6 Å². The second-order valence-corrected chi connectivity index (χ2v) is 13.9. The highest BCUT2D eigenvalue weighted by Crippen LogP contribution is 2.63. The molecule has 0 fully saturated rings. The fourth-order valence-corrected chi connectivity index (χ4v) is 9.66. The van der Waals surface area contributed by atoms with Gasteiger partial charge in [-0.15, -0.1) is 0 Å². The second kappa shape index (κ2) is 10.5. The Kier molecular flexibility index (Phi) is 5.86. The maximum absolute atomic E-state index is 6.72. The average molecular weight is 649 g/mol. The molecule has 1 aliphatic heterocycles. The Labute approximate surface area is 298 Å². The van der Waals surface area contributed by atoms with Crippen LogP contribution in [-0.2, 0) is 10.8 Å². The van der Waals surface area contributed by atoms with E-state index in [9.17, 15) is 0 Å². The summed E-state index contributed by atoms with van der Waals surface area (Å²) >= 11 is 0. The zero-order chi connectivity index (χ0) is 33.6. The van der Waals surface area contributed by atoms with Crippen molar-refractivity contribution in [2.24, 2.45) is 0 Å². The van der Waals surface area contributed by atoms with Crippen LogP contribution in [0.15, 0.2) is 194 Å². The molecule has 8 aromatic carbocycles. The molecule has 0 amide bonds. The Bertz CT molecular complexity index is 2580. The summed E-state index contributed by atoms with van der Waals surface area (Å²) in [6, 6.07) is 71.3. The first-order valence-electron chi connectivity index (χ1n) is 17.8. The van der Waals surface area contributed by atoms with Gasteiger partial charge in [0, 0.05) is 11.1 Å². The topological polar surface area (TPSA) is 9.23 Å². The summed E-state index contributed by atoms with van der Waals surface area (Å²) in [5, 5.41) is 0. The number of hydrogen-bond acceptors (Lipinski definition) is 1. The lowest BCUT2D eigenvalue weighted by Gasteiger charge is -2.41. The summed E-state index contributed by atoms with van der Waals surface area (Å²) < 4.78 is 6.72. The van der Waals surface area contributed by atoms with Gasteiger partial charge in [-0.1, -0.05) is 170 Å². The highest BCUT2D eigenvalue weighted by Gasteiger charge is 2.51. The summed E-state index contributed by atoms with van der Waals surface area (Å²) in [6.45, 7) is 0. The van der Waals surface area contributed by atoms with Crippen molar-refractivity contribution in [2.75, 3.05) is 0 Å². The number of rotatable bonds is 3. The van der Waals surface area contributed by atoms with E-state index < -0.39 is 5.41 Å². The third kappa shape index (κ3) is 3.65. The van der Waals surface area contributed by atoms with E-state index in [2.05, 4.69) is 194 Å². The number of para-hydroxylation sites is 1. The molecule has 238 valence electrons. The Morgan fingerprint density at radius 3 is 1.31 bits per heavy atom. The lowest BCUT2D eigenvalue weighted by atomic mass is 9.63. The van der Waals surface area contributed by atoms with Crippen LogP contribution in [0.25, 0.3) is 33.4 Å². The Morgan fingerprint density at radius 1 is 0.275 bits per heavy atom. The molecule has 0 N–H and O–H groups in total. The van der Waals surface area contributed by atoms with Gasteiger partial charge in [0.15, 0.2) is 0 Å². The maximum atomic E-state index is 6.72. The fraction of sp³-hybridized carbons (Fsp3) is 0.0400. The van der Waals surface area contributed by atoms with Crippen molar-refractivity contribution in [2.45, 2.75) is 10.8 Å². The molecule has 0 unspecified atom stereocenters. The number of ether oxygens (including phenoxy) is 1. The minimum atomic E-state index is -0.562. The van der Waals surface area contributed by atoms with E-state index in [0.29, 0.717) is 0 Å². The van der Waals surface area contributed by atoms with Crippen molar-refractivity contribution in [3.63, 3.8) is 0 Å². The SMILES string of the molecule is c1ccc(C2(c3ccccc3)c3ccccc3Oc3ccc(-c4ccc5c(c4)-c4ccccc4C54c5ccccc5-c5ccccc54)cc32)cc1. The molecule has 1 heteroatoms. The Balaban J connectivity index is 1.16. The van der Waals surface area contributed by atoms with Gasteiger partial charge >= 0.3 is 0 Å². The summed E-state index contributed by atoms with van der Waals surface area (Å²) in [7, 11) is 0. The minimum Gasteiger partial charge on any atom is -0.457 e. The zero-order valence-electron chi connectivity index (χ0n) is 27.9. The molecule has 3 aliphatic rings. The summed E-state index contributed by atoms with van der Waals surface area (Å²) in [6.07, 6.45) is 0. The van der Waals surface area contributed by atoms with Gasteiger partial charge in [-0.2, -0.15) is 0 Å². The van der Waals surface area contributed by atoms with E-state index in [1.165, 1.54) is 66.8 Å². The normalized spacial score (nSPS) is 14.7. The van der Waals surface area contributed by atoms with Gasteiger partial charge in [0.25, 0.3) is 0 Å². The lowest BCUT2D eigenvalue weighted by molar-refractivity contribution is 0.434. The van der Waals surface area contributed by atoms with Crippen LogP contribution in [0.4, 0.5) is 0 Å². The lowest BCUT2D eigenvalue weighted by Crippen LogP contribution is -2.34. The maximum Gasteiger partial charge on any atom is 0.132 e. The third-order valence-electron chi connectivity index (χ3n) is 11.6. The minimum absolute atomic E-state index is 0.346. The van der Waals surface area contributed by atoms with Gasteiger partial charge in [-0.25, -0.2) is 0 Å². The number of fused-ring (bicyclic) bond motifs is 12. The zero-order valence-corrected chi connectivity index (χ0v) is 27.9. The summed E-state index contributed by atoms with van der Waals surface area (Å²) in [5.41, 5.74) is 16.9. The largest absolute Gasteiger partial charge is 0.457 e. The van der Waals surface area contributed by atoms with Crippen LogP contribution in [0.1, 0.15) is 44.5 Å². The molecule has 8 aromatic rings. The van der Waals surface area contributed by atoms with Gasteiger partial charge < -0.3 is 4.74 Å². The van der Waals surface area contributed by atoms with Gasteiger partial charge in [-0.3, -0.25) is 0 Å². The third-order valence-corrected chi connectivity index (χ3v) is 11.6. The monoisotopic (exact) mass is 648 g/mol. The molecule has 51 heavy (non-hydrogen) atoms. The van der Waals surface area contributed by atoms with Crippen molar-refractivity contribution < 1.29 is 4.74 Å². The smallest absolute Gasteiger partial charge is 0.132 e. The molecule has 1 nitrogen and oxygen atoms in total. The van der Waals surface area contributed by atoms with Crippen LogP contribution >= 0.6 is 0 Å². The molecule has 0 saturated carbocycles. The molecular weight excluding hydrogens is 617 g/mol. The number of benzene rings is 8. The molecule has 1 heterocycles. The molecule has 0 bridgehead atoms. The van der Waals surface area contributed by atoms with E-state index in [1.807, 2.05) is 0 Å². The van der Waals surface area contributed by atoms with Crippen LogP contribution in [0.2, 0.25) is 0 Å². The predicted molar refractivity (Wildman–Crippen MR) is 207 cm³/mol. The predicted octanol–water partition coefficient (Wildman–Crippen LogP) is 12.2. The van der Waals surface area contributed by atoms with Gasteiger partial charge in [-0.05, 0) is 91.0 Å². The van der Waals surface area contributed by atoms with Crippen molar-refractivity contribution in [3.05, 3.63) is 239 Å². The number of hydrogen-bond donors (Lipinski definition) is 0. The average Bonchev–Trinajstić information content (AvgIpc) is 3.67. The molecule has 1 spiro atoms. The summed E-state index contributed by atoms with van der Waals surface area (Å²) in [4.78, 5) is 0. The van der Waals surface area contributed by atoms with Crippen LogP contribution < -0.4 is 4.74 Å². The van der Waals surface area contributed by atoms with E-state index >= 15 is 0 Å². The van der Waals surface area contributed by atoms with E-state index in [4.69, 9.17) is 4.74 Å². The standard InChI is InChI=1S/C50H32O/c1-3-15-35(16-4-1)49(36-17-5-2-6-18-36)45-25-13-14-26-47(45)51-48-30-28-34(32-46(48)49)33-27-29-44-40(31-33)39-21-9-12-24-43(39)50(44)41-22-10-7-19-37(41)38-20-8-11-23-42(38)50/h1-32H. The molecule has 2 aliphatic carbocycles. The molecule has 0 saturated heterocycles. The van der Waals surface area contributed by atoms with Crippen LogP contribution in [-0.4, -0.2) is 0 Å². The fourth-order valence-electron chi connectivity index (χ4n) is 9.66. The van der Waals surface area contributed by atoms with Gasteiger partial charge in [0.05, 0.1) is 10.8 Å².